The first kappa shape index (κ1) is 7.57. The van der Waals surface area contributed by atoms with Crippen molar-refractivity contribution in [2.24, 2.45) is 0 Å². The summed E-state index contributed by atoms with van der Waals surface area (Å²) in [7, 11) is 0. The summed E-state index contributed by atoms with van der Waals surface area (Å²) >= 11 is 11.0. The van der Waals surface area contributed by atoms with Crippen LogP contribution in [-0.2, 0) is 0 Å². The largest absolute Gasteiger partial charge is 0.340 e. The number of hydrogen-bond donors (Lipinski definition) is 1. The molecule has 0 aliphatic rings. The molecule has 0 fully saturated rings. The Kier molecular flexibility index (Phi) is 1.74. The maximum Gasteiger partial charge on any atom is 0.188 e. The van der Waals surface area contributed by atoms with Crippen molar-refractivity contribution in [3.8, 4) is 0 Å². The SMILES string of the molecule is ClN(Cl)c1ncnc2nc[nH]c12. The Labute approximate surface area is 77.6 Å². The first-order valence-electron chi connectivity index (χ1n) is 3.05. The molecular formula is C5H3Cl2N5. The van der Waals surface area contributed by atoms with E-state index in [0.29, 0.717) is 17.0 Å². The van der Waals surface area contributed by atoms with E-state index in [2.05, 4.69) is 19.9 Å². The highest BCUT2D eigenvalue weighted by Gasteiger charge is 2.09. The molecule has 0 atom stereocenters. The van der Waals surface area contributed by atoms with E-state index in [1.807, 2.05) is 0 Å². The van der Waals surface area contributed by atoms with Crippen LogP contribution in [0.3, 0.4) is 0 Å². The molecule has 2 aromatic heterocycles. The molecule has 0 bridgehead atoms. The molecule has 0 radical (unpaired) electrons. The molecular weight excluding hydrogens is 201 g/mol. The van der Waals surface area contributed by atoms with Crippen LogP contribution in [0, 0.1) is 0 Å². The number of fused-ring (bicyclic) bond motifs is 1. The lowest BCUT2D eigenvalue weighted by atomic mass is 10.5. The van der Waals surface area contributed by atoms with Crippen molar-refractivity contribution in [1.29, 1.82) is 0 Å². The van der Waals surface area contributed by atoms with Crippen molar-refractivity contribution in [3.05, 3.63) is 12.7 Å². The first-order valence-corrected chi connectivity index (χ1v) is 3.72. The summed E-state index contributed by atoms with van der Waals surface area (Å²) in [6.07, 6.45) is 2.84. The van der Waals surface area contributed by atoms with Crippen molar-refractivity contribution >= 4 is 40.5 Å². The summed E-state index contributed by atoms with van der Waals surface area (Å²) in [5.41, 5.74) is 1.15. The lowest BCUT2D eigenvalue weighted by Gasteiger charge is -2.02. The van der Waals surface area contributed by atoms with Crippen molar-refractivity contribution in [2.45, 2.75) is 0 Å². The topological polar surface area (TPSA) is 57.7 Å². The normalized spacial score (nSPS) is 10.5. The van der Waals surface area contributed by atoms with Gasteiger partial charge in [0.05, 0.1) is 6.33 Å². The number of aromatic amines is 1. The number of H-pyrrole nitrogens is 1. The smallest absolute Gasteiger partial charge is 0.188 e. The standard InChI is InChI=1S/C5H3Cl2N5/c6-12(7)5-3-4(9-1-8-3)10-2-11-5/h1-2H,(H,8,9,10,11). The Morgan fingerprint density at radius 3 is 2.83 bits per heavy atom. The van der Waals surface area contributed by atoms with Crippen LogP contribution in [0.25, 0.3) is 11.2 Å². The van der Waals surface area contributed by atoms with Gasteiger partial charge in [-0.25, -0.2) is 15.0 Å². The lowest BCUT2D eigenvalue weighted by Crippen LogP contribution is -1.97. The maximum absolute atomic E-state index is 5.50. The second-order valence-electron chi connectivity index (χ2n) is 2.03. The van der Waals surface area contributed by atoms with Gasteiger partial charge in [-0.1, -0.05) is 0 Å². The summed E-state index contributed by atoms with van der Waals surface area (Å²) in [5.74, 6) is 0.390. The van der Waals surface area contributed by atoms with Crippen LogP contribution in [0.15, 0.2) is 12.7 Å². The second kappa shape index (κ2) is 2.76. The van der Waals surface area contributed by atoms with Gasteiger partial charge in [-0.2, -0.15) is 3.94 Å². The molecule has 1 N–H and O–H groups in total. The molecule has 0 unspecified atom stereocenters. The highest BCUT2D eigenvalue weighted by molar-refractivity contribution is 6.49. The first-order chi connectivity index (χ1) is 5.79. The fraction of sp³-hybridized carbons (Fsp3) is 0. The van der Waals surface area contributed by atoms with Gasteiger partial charge in [0, 0.05) is 23.6 Å². The van der Waals surface area contributed by atoms with Crippen LogP contribution < -0.4 is 3.94 Å². The van der Waals surface area contributed by atoms with Crippen molar-refractivity contribution in [1.82, 2.24) is 19.9 Å². The van der Waals surface area contributed by atoms with Gasteiger partial charge in [0.2, 0.25) is 0 Å². The van der Waals surface area contributed by atoms with E-state index in [0.717, 1.165) is 3.94 Å². The zero-order valence-corrected chi connectivity index (χ0v) is 7.21. The number of nitrogens with zero attached hydrogens (tertiary/aromatic N) is 4. The lowest BCUT2D eigenvalue weighted by molar-refractivity contribution is 1.19. The maximum atomic E-state index is 5.50. The Bertz CT molecular complexity index is 397. The molecule has 2 aromatic rings. The minimum atomic E-state index is 0.390. The Balaban J connectivity index is 2.73. The monoisotopic (exact) mass is 203 g/mol. The number of imidazole rings is 1. The van der Waals surface area contributed by atoms with Gasteiger partial charge in [0.25, 0.3) is 0 Å². The molecule has 0 aromatic carbocycles. The van der Waals surface area contributed by atoms with Gasteiger partial charge in [0.15, 0.2) is 11.5 Å². The average molecular weight is 204 g/mol. The van der Waals surface area contributed by atoms with Crippen molar-refractivity contribution in [3.63, 3.8) is 0 Å². The van der Waals surface area contributed by atoms with E-state index in [-0.39, 0.29) is 0 Å². The molecule has 0 saturated carbocycles. The molecule has 12 heavy (non-hydrogen) atoms. The predicted octanol–water partition coefficient (Wildman–Crippen LogP) is 1.47. The van der Waals surface area contributed by atoms with Crippen LogP contribution in [-0.4, -0.2) is 19.9 Å². The predicted molar refractivity (Wildman–Crippen MR) is 45.9 cm³/mol. The second-order valence-corrected chi connectivity index (χ2v) is 2.88. The van der Waals surface area contributed by atoms with E-state index in [9.17, 15) is 0 Å². The molecule has 0 amide bonds. The van der Waals surface area contributed by atoms with Gasteiger partial charge in [0.1, 0.15) is 11.8 Å². The zero-order valence-electron chi connectivity index (χ0n) is 5.70. The Morgan fingerprint density at radius 2 is 2.08 bits per heavy atom. The van der Waals surface area contributed by atoms with Crippen molar-refractivity contribution < 1.29 is 0 Å². The summed E-state index contributed by atoms with van der Waals surface area (Å²) in [6, 6.07) is 0. The Morgan fingerprint density at radius 1 is 1.25 bits per heavy atom. The van der Waals surface area contributed by atoms with E-state index in [1.165, 1.54) is 12.7 Å². The van der Waals surface area contributed by atoms with Crippen molar-refractivity contribution in [2.75, 3.05) is 3.94 Å². The summed E-state index contributed by atoms with van der Waals surface area (Å²) in [4.78, 5) is 14.5. The molecule has 2 heterocycles. The highest BCUT2D eigenvalue weighted by atomic mass is 35.5. The van der Waals surface area contributed by atoms with E-state index < -0.39 is 0 Å². The van der Waals surface area contributed by atoms with Gasteiger partial charge in [-0.05, 0) is 0 Å². The third-order valence-electron chi connectivity index (χ3n) is 1.36. The number of nitrogens with one attached hydrogen (secondary N) is 1. The number of anilines is 1. The van der Waals surface area contributed by atoms with Crippen LogP contribution in [0.4, 0.5) is 5.82 Å². The molecule has 0 saturated heterocycles. The summed E-state index contributed by atoms with van der Waals surface area (Å²) in [5, 5.41) is 0. The number of rotatable bonds is 1. The van der Waals surface area contributed by atoms with Crippen LogP contribution in [0.2, 0.25) is 0 Å². The fourth-order valence-corrected chi connectivity index (χ4v) is 1.14. The molecule has 5 nitrogen and oxygen atoms in total. The number of hydrogen-bond acceptors (Lipinski definition) is 4. The zero-order chi connectivity index (χ0) is 8.55. The fourth-order valence-electron chi connectivity index (χ4n) is 0.880. The highest BCUT2D eigenvalue weighted by Crippen LogP contribution is 2.22. The summed E-state index contributed by atoms with van der Waals surface area (Å²) < 4.78 is 0.863. The minimum Gasteiger partial charge on any atom is -0.340 e. The van der Waals surface area contributed by atoms with Crippen LogP contribution in [0.5, 0.6) is 0 Å². The number of aromatic nitrogens is 4. The molecule has 2 rings (SSSR count). The van der Waals surface area contributed by atoms with Gasteiger partial charge in [-0.15, -0.1) is 0 Å². The molecule has 0 aliphatic carbocycles. The molecule has 0 spiro atoms. The van der Waals surface area contributed by atoms with Crippen LogP contribution >= 0.6 is 23.6 Å². The third-order valence-corrected chi connectivity index (χ3v) is 1.68. The van der Waals surface area contributed by atoms with E-state index in [1.54, 1.807) is 0 Å². The van der Waals surface area contributed by atoms with Gasteiger partial charge in [-0.3, -0.25) is 0 Å². The Hall–Kier alpha value is -1.07. The van der Waals surface area contributed by atoms with Crippen LogP contribution in [0.1, 0.15) is 0 Å². The minimum absolute atomic E-state index is 0.390. The van der Waals surface area contributed by atoms with Gasteiger partial charge < -0.3 is 4.98 Å². The molecule has 62 valence electrons. The van der Waals surface area contributed by atoms with E-state index >= 15 is 0 Å². The number of halogens is 2. The summed E-state index contributed by atoms with van der Waals surface area (Å²) in [6.45, 7) is 0. The molecule has 0 aliphatic heterocycles. The third kappa shape index (κ3) is 1.07. The quantitative estimate of drug-likeness (QED) is 0.714. The average Bonchev–Trinajstić information content (AvgIpc) is 2.49. The van der Waals surface area contributed by atoms with E-state index in [4.69, 9.17) is 23.6 Å². The van der Waals surface area contributed by atoms with Gasteiger partial charge >= 0.3 is 0 Å². The molecule has 7 heteroatoms.